The van der Waals surface area contributed by atoms with Gasteiger partial charge in [-0.3, -0.25) is 10.1 Å². The van der Waals surface area contributed by atoms with Crippen LogP contribution in [-0.2, 0) is 9.53 Å². The number of carbonyl (C=O) groups is 3. The molecule has 0 bridgehead atoms. The SMILES string of the molecule is C[C@@H]1CCCC[C@@H]1NC(=O)NC(=O)COC(=O)c1ccc(C#N)cc1. The van der Waals surface area contributed by atoms with Crippen molar-refractivity contribution in [2.75, 3.05) is 6.61 Å². The summed E-state index contributed by atoms with van der Waals surface area (Å²) in [6, 6.07) is 7.27. The van der Waals surface area contributed by atoms with E-state index in [1.54, 1.807) is 0 Å². The highest BCUT2D eigenvalue weighted by atomic mass is 16.5. The molecule has 132 valence electrons. The number of carbonyl (C=O) groups excluding carboxylic acids is 3. The maximum atomic E-state index is 11.8. The quantitative estimate of drug-likeness (QED) is 0.814. The van der Waals surface area contributed by atoms with Crippen LogP contribution in [0.25, 0.3) is 0 Å². The Kier molecular flexibility index (Phi) is 6.52. The molecule has 1 fully saturated rings. The average Bonchev–Trinajstić information content (AvgIpc) is 2.61. The predicted molar refractivity (Wildman–Crippen MR) is 89.5 cm³/mol. The molecule has 7 nitrogen and oxygen atoms in total. The molecule has 0 radical (unpaired) electrons. The van der Waals surface area contributed by atoms with E-state index in [9.17, 15) is 14.4 Å². The second-order valence-corrected chi connectivity index (χ2v) is 6.16. The number of benzene rings is 1. The Morgan fingerprint density at radius 1 is 1.20 bits per heavy atom. The summed E-state index contributed by atoms with van der Waals surface area (Å²) in [5.74, 6) is -1.01. The minimum absolute atomic E-state index is 0.0581. The van der Waals surface area contributed by atoms with E-state index in [0.717, 1.165) is 25.7 Å². The van der Waals surface area contributed by atoms with Gasteiger partial charge >= 0.3 is 12.0 Å². The van der Waals surface area contributed by atoms with Gasteiger partial charge in [-0.15, -0.1) is 0 Å². The van der Waals surface area contributed by atoms with Crippen molar-refractivity contribution >= 4 is 17.9 Å². The van der Waals surface area contributed by atoms with Gasteiger partial charge in [0.15, 0.2) is 6.61 Å². The highest BCUT2D eigenvalue weighted by Crippen LogP contribution is 2.23. The van der Waals surface area contributed by atoms with Crippen molar-refractivity contribution in [3.05, 3.63) is 35.4 Å². The van der Waals surface area contributed by atoms with Crippen LogP contribution in [0.2, 0.25) is 0 Å². The van der Waals surface area contributed by atoms with Crippen LogP contribution in [0.15, 0.2) is 24.3 Å². The minimum Gasteiger partial charge on any atom is -0.452 e. The first-order chi connectivity index (χ1) is 12.0. The average molecular weight is 343 g/mol. The number of imide groups is 1. The molecule has 0 spiro atoms. The summed E-state index contributed by atoms with van der Waals surface area (Å²) in [5, 5.41) is 13.7. The van der Waals surface area contributed by atoms with Crippen LogP contribution in [0.3, 0.4) is 0 Å². The van der Waals surface area contributed by atoms with Gasteiger partial charge in [0, 0.05) is 6.04 Å². The first-order valence-electron chi connectivity index (χ1n) is 8.27. The Labute approximate surface area is 146 Å². The van der Waals surface area contributed by atoms with Crippen molar-refractivity contribution in [1.29, 1.82) is 5.26 Å². The van der Waals surface area contributed by atoms with Gasteiger partial charge in [-0.2, -0.15) is 5.26 Å². The van der Waals surface area contributed by atoms with Gasteiger partial charge in [0.25, 0.3) is 5.91 Å². The monoisotopic (exact) mass is 343 g/mol. The van der Waals surface area contributed by atoms with E-state index >= 15 is 0 Å². The molecule has 2 atom stereocenters. The van der Waals surface area contributed by atoms with Gasteiger partial charge < -0.3 is 10.1 Å². The summed E-state index contributed by atoms with van der Waals surface area (Å²) < 4.78 is 4.86. The summed E-state index contributed by atoms with van der Waals surface area (Å²) >= 11 is 0. The minimum atomic E-state index is -0.694. The lowest BCUT2D eigenvalue weighted by atomic mass is 9.86. The van der Waals surface area contributed by atoms with E-state index in [-0.39, 0.29) is 11.6 Å². The van der Waals surface area contributed by atoms with E-state index < -0.39 is 24.5 Å². The summed E-state index contributed by atoms with van der Waals surface area (Å²) in [6.45, 7) is 1.53. The van der Waals surface area contributed by atoms with Crippen molar-refractivity contribution in [3.63, 3.8) is 0 Å². The van der Waals surface area contributed by atoms with Crippen molar-refractivity contribution < 1.29 is 19.1 Å². The molecule has 1 aliphatic rings. The first-order valence-corrected chi connectivity index (χ1v) is 8.27. The molecule has 0 unspecified atom stereocenters. The van der Waals surface area contributed by atoms with Crippen LogP contribution in [-0.4, -0.2) is 30.6 Å². The zero-order valence-electron chi connectivity index (χ0n) is 14.1. The van der Waals surface area contributed by atoms with Gasteiger partial charge in [0.1, 0.15) is 0 Å². The summed E-state index contributed by atoms with van der Waals surface area (Å²) in [5.41, 5.74) is 0.648. The lowest BCUT2D eigenvalue weighted by Crippen LogP contribution is -2.48. The molecule has 1 aromatic rings. The smallest absolute Gasteiger partial charge is 0.338 e. The number of ether oxygens (including phenoxy) is 1. The van der Waals surface area contributed by atoms with Crippen molar-refractivity contribution in [2.45, 2.75) is 38.6 Å². The molecule has 0 heterocycles. The normalized spacial score (nSPS) is 19.4. The lowest BCUT2D eigenvalue weighted by Gasteiger charge is -2.29. The molecule has 7 heteroatoms. The highest BCUT2D eigenvalue weighted by molar-refractivity contribution is 5.97. The first kappa shape index (κ1) is 18.5. The van der Waals surface area contributed by atoms with Crippen LogP contribution in [0.1, 0.15) is 48.5 Å². The number of hydrogen-bond donors (Lipinski definition) is 2. The molecular weight excluding hydrogens is 322 g/mol. The van der Waals surface area contributed by atoms with Crippen LogP contribution < -0.4 is 10.6 Å². The fraction of sp³-hybridized carbons (Fsp3) is 0.444. The standard InChI is InChI=1S/C18H21N3O4/c1-12-4-2-3-5-15(12)20-18(24)21-16(22)11-25-17(23)14-8-6-13(10-19)7-9-14/h6-9,12,15H,2-5,11H2,1H3,(H2,20,21,22,24)/t12-,15+/m1/s1. The third kappa shape index (κ3) is 5.60. The molecule has 1 aromatic carbocycles. The molecular formula is C18H21N3O4. The zero-order valence-corrected chi connectivity index (χ0v) is 14.1. The largest absolute Gasteiger partial charge is 0.452 e. The molecule has 3 amide bonds. The molecule has 1 aliphatic carbocycles. The predicted octanol–water partition coefficient (Wildman–Crippen LogP) is 2.12. The third-order valence-corrected chi connectivity index (χ3v) is 4.26. The number of nitrogens with zero attached hydrogens (tertiary/aromatic N) is 1. The Bertz CT molecular complexity index is 679. The van der Waals surface area contributed by atoms with E-state index in [1.165, 1.54) is 24.3 Å². The number of hydrogen-bond acceptors (Lipinski definition) is 5. The van der Waals surface area contributed by atoms with E-state index in [4.69, 9.17) is 10.00 Å². The fourth-order valence-corrected chi connectivity index (χ4v) is 2.79. The number of urea groups is 1. The molecule has 1 saturated carbocycles. The van der Waals surface area contributed by atoms with E-state index in [2.05, 4.69) is 17.6 Å². The summed E-state index contributed by atoms with van der Waals surface area (Å²) in [6.07, 6.45) is 4.17. The number of nitrogens with one attached hydrogen (secondary N) is 2. The Hall–Kier alpha value is -2.88. The molecule has 2 rings (SSSR count). The number of nitriles is 1. The third-order valence-electron chi connectivity index (χ3n) is 4.26. The Morgan fingerprint density at radius 2 is 1.88 bits per heavy atom. The highest BCUT2D eigenvalue weighted by Gasteiger charge is 2.23. The lowest BCUT2D eigenvalue weighted by molar-refractivity contribution is -0.123. The van der Waals surface area contributed by atoms with E-state index in [1.807, 2.05) is 6.07 Å². The van der Waals surface area contributed by atoms with Crippen LogP contribution in [0.5, 0.6) is 0 Å². The van der Waals surface area contributed by atoms with Crippen molar-refractivity contribution in [1.82, 2.24) is 10.6 Å². The molecule has 0 aliphatic heterocycles. The van der Waals surface area contributed by atoms with Gasteiger partial charge in [0.05, 0.1) is 17.2 Å². The maximum absolute atomic E-state index is 11.8. The van der Waals surface area contributed by atoms with Gasteiger partial charge in [0.2, 0.25) is 0 Å². The second-order valence-electron chi connectivity index (χ2n) is 6.16. The number of amides is 3. The van der Waals surface area contributed by atoms with Crippen LogP contribution in [0.4, 0.5) is 4.79 Å². The maximum Gasteiger partial charge on any atom is 0.338 e. The Morgan fingerprint density at radius 3 is 2.52 bits per heavy atom. The van der Waals surface area contributed by atoms with Gasteiger partial charge in [-0.25, -0.2) is 9.59 Å². The van der Waals surface area contributed by atoms with Crippen LogP contribution >= 0.6 is 0 Å². The number of rotatable bonds is 4. The van der Waals surface area contributed by atoms with Gasteiger partial charge in [-0.1, -0.05) is 19.8 Å². The second kappa shape index (κ2) is 8.83. The van der Waals surface area contributed by atoms with Crippen molar-refractivity contribution in [2.24, 2.45) is 5.92 Å². The molecule has 0 saturated heterocycles. The van der Waals surface area contributed by atoms with Gasteiger partial charge in [-0.05, 0) is 43.0 Å². The van der Waals surface area contributed by atoms with Crippen molar-refractivity contribution in [3.8, 4) is 6.07 Å². The van der Waals surface area contributed by atoms with E-state index in [0.29, 0.717) is 11.5 Å². The molecule has 25 heavy (non-hydrogen) atoms. The fourth-order valence-electron chi connectivity index (χ4n) is 2.79. The molecule has 0 aromatic heterocycles. The number of esters is 1. The molecule has 2 N–H and O–H groups in total. The summed E-state index contributed by atoms with van der Waals surface area (Å²) in [7, 11) is 0. The van der Waals surface area contributed by atoms with Crippen LogP contribution in [0, 0.1) is 17.2 Å². The summed E-state index contributed by atoms with van der Waals surface area (Å²) in [4.78, 5) is 35.4. The topological polar surface area (TPSA) is 108 Å². The zero-order chi connectivity index (χ0) is 18.2. The Balaban J connectivity index is 1.74.